The zero-order chi connectivity index (χ0) is 24.5. The highest BCUT2D eigenvalue weighted by Crippen LogP contribution is 2.08. The molecule has 0 radical (unpaired) electrons. The van der Waals surface area contributed by atoms with Crippen molar-refractivity contribution in [1.29, 1.82) is 0 Å². The number of para-hydroxylation sites is 1. The van der Waals surface area contributed by atoms with Crippen LogP contribution in [0.2, 0.25) is 0 Å². The fourth-order valence-corrected chi connectivity index (χ4v) is 3.47. The van der Waals surface area contributed by atoms with Gasteiger partial charge in [-0.25, -0.2) is 14.3 Å². The summed E-state index contributed by atoms with van der Waals surface area (Å²) in [5, 5.41) is 5.45. The molecule has 0 fully saturated rings. The molecular formula is C27H25N3O5. The predicted octanol–water partition coefficient (Wildman–Crippen LogP) is 3.75. The van der Waals surface area contributed by atoms with E-state index in [4.69, 9.17) is 9.47 Å². The number of nitrogens with zero attached hydrogens (tertiary/aromatic N) is 1. The van der Waals surface area contributed by atoms with Gasteiger partial charge in [0.2, 0.25) is 0 Å². The van der Waals surface area contributed by atoms with Crippen molar-refractivity contribution in [3.05, 3.63) is 124 Å². The van der Waals surface area contributed by atoms with Gasteiger partial charge in [-0.3, -0.25) is 9.89 Å². The zero-order valence-corrected chi connectivity index (χ0v) is 18.9. The second-order valence-electron chi connectivity index (χ2n) is 7.83. The minimum atomic E-state index is -1.12. The summed E-state index contributed by atoms with van der Waals surface area (Å²) in [5.74, 6) is -0.669. The maximum absolute atomic E-state index is 12.9. The number of benzene rings is 3. The zero-order valence-electron chi connectivity index (χ0n) is 18.9. The summed E-state index contributed by atoms with van der Waals surface area (Å²) < 4.78 is 12.1. The second kappa shape index (κ2) is 11.5. The lowest BCUT2D eigenvalue weighted by Gasteiger charge is -2.17. The van der Waals surface area contributed by atoms with Crippen LogP contribution in [0.15, 0.2) is 102 Å². The molecule has 3 aromatic carbocycles. The molecule has 0 unspecified atom stereocenters. The molecule has 1 heterocycles. The van der Waals surface area contributed by atoms with Crippen LogP contribution in [0.25, 0.3) is 5.69 Å². The largest absolute Gasteiger partial charge is 0.459 e. The fraction of sp³-hybridized carbons (Fsp3) is 0.148. The molecule has 4 aromatic rings. The lowest BCUT2D eigenvalue weighted by molar-refractivity contribution is -0.147. The van der Waals surface area contributed by atoms with E-state index in [1.54, 1.807) is 12.1 Å². The van der Waals surface area contributed by atoms with Crippen molar-refractivity contribution >= 4 is 12.1 Å². The van der Waals surface area contributed by atoms with E-state index < -0.39 is 18.1 Å². The molecule has 0 saturated heterocycles. The monoisotopic (exact) mass is 471 g/mol. The number of hydrogen-bond acceptors (Lipinski definition) is 5. The standard InChI is InChI=1S/C27H25N3O5/c31-25-22(17-28-30(25)23-14-8-3-9-15-23)16-24(26(32)34-18-20-10-4-1-5-11-20)29-27(33)35-19-21-12-6-2-7-13-21/h1-15,17,24,28H,16,18-19H2,(H,29,33)/t24-/m0/s1. The molecule has 1 atom stereocenters. The third kappa shape index (κ3) is 6.48. The number of carbonyl (C=O) groups excluding carboxylic acids is 2. The van der Waals surface area contributed by atoms with E-state index >= 15 is 0 Å². The maximum Gasteiger partial charge on any atom is 0.408 e. The van der Waals surface area contributed by atoms with Crippen LogP contribution in [0, 0.1) is 0 Å². The number of nitrogens with one attached hydrogen (secondary N) is 2. The molecule has 0 bridgehead atoms. The van der Waals surface area contributed by atoms with Crippen molar-refractivity contribution in [2.24, 2.45) is 0 Å². The highest BCUT2D eigenvalue weighted by Gasteiger charge is 2.26. The summed E-state index contributed by atoms with van der Waals surface area (Å²) in [6.45, 7) is 0.0850. The molecule has 0 saturated carbocycles. The van der Waals surface area contributed by atoms with Crippen molar-refractivity contribution < 1.29 is 19.1 Å². The second-order valence-corrected chi connectivity index (χ2v) is 7.83. The molecule has 0 spiro atoms. The Labute approximate surface area is 202 Å². The third-order valence-electron chi connectivity index (χ3n) is 5.30. The summed E-state index contributed by atoms with van der Waals surface area (Å²) in [7, 11) is 0. The minimum absolute atomic E-state index is 0.0400. The Kier molecular flexibility index (Phi) is 7.75. The van der Waals surface area contributed by atoms with Crippen LogP contribution in [0.5, 0.6) is 0 Å². The number of rotatable bonds is 9. The van der Waals surface area contributed by atoms with Gasteiger partial charge < -0.3 is 14.8 Å². The Morgan fingerprint density at radius 2 is 1.34 bits per heavy atom. The molecule has 1 aromatic heterocycles. The van der Waals surface area contributed by atoms with E-state index in [2.05, 4.69) is 10.4 Å². The number of amides is 1. The first-order chi connectivity index (χ1) is 17.1. The van der Waals surface area contributed by atoms with Crippen LogP contribution in [-0.2, 0) is 33.9 Å². The summed E-state index contributed by atoms with van der Waals surface area (Å²) in [6.07, 6.45) is 0.668. The van der Waals surface area contributed by atoms with Gasteiger partial charge in [0.1, 0.15) is 19.3 Å². The van der Waals surface area contributed by atoms with Gasteiger partial charge in [-0.1, -0.05) is 78.9 Å². The van der Waals surface area contributed by atoms with Gasteiger partial charge in [-0.15, -0.1) is 0 Å². The summed E-state index contributed by atoms with van der Waals surface area (Å²) in [5.41, 5.74) is 2.26. The van der Waals surface area contributed by atoms with Crippen LogP contribution in [0.1, 0.15) is 16.7 Å². The van der Waals surface area contributed by atoms with E-state index in [1.807, 2.05) is 78.9 Å². The molecule has 0 aliphatic carbocycles. The Bertz CT molecular complexity index is 1300. The Hall–Kier alpha value is -4.59. The van der Waals surface area contributed by atoms with E-state index in [9.17, 15) is 14.4 Å². The lowest BCUT2D eigenvalue weighted by atomic mass is 10.1. The molecule has 1 amide bonds. The minimum Gasteiger partial charge on any atom is -0.459 e. The lowest BCUT2D eigenvalue weighted by Crippen LogP contribution is -2.44. The molecule has 178 valence electrons. The molecular weight excluding hydrogens is 446 g/mol. The van der Waals surface area contributed by atoms with E-state index in [0.717, 1.165) is 11.1 Å². The van der Waals surface area contributed by atoms with Crippen LogP contribution < -0.4 is 10.9 Å². The number of esters is 1. The average Bonchev–Trinajstić information content (AvgIpc) is 3.27. The molecule has 8 nitrogen and oxygen atoms in total. The first-order valence-corrected chi connectivity index (χ1v) is 11.1. The number of hydrogen-bond donors (Lipinski definition) is 2. The SMILES string of the molecule is O=C(N[C@@H](Cc1c[nH]n(-c2ccccc2)c1=O)C(=O)OCc1ccccc1)OCc1ccccc1. The molecule has 8 heteroatoms. The molecule has 2 N–H and O–H groups in total. The smallest absolute Gasteiger partial charge is 0.408 e. The molecule has 35 heavy (non-hydrogen) atoms. The van der Waals surface area contributed by atoms with Gasteiger partial charge in [0.25, 0.3) is 5.56 Å². The summed E-state index contributed by atoms with van der Waals surface area (Å²) >= 11 is 0. The maximum atomic E-state index is 12.9. The number of H-pyrrole nitrogens is 1. The van der Waals surface area contributed by atoms with Crippen LogP contribution in [0.4, 0.5) is 4.79 Å². The van der Waals surface area contributed by atoms with E-state index in [-0.39, 0.29) is 25.2 Å². The van der Waals surface area contributed by atoms with E-state index in [0.29, 0.717) is 11.3 Å². The Balaban J connectivity index is 1.47. The Morgan fingerprint density at radius 1 is 0.800 bits per heavy atom. The number of carbonyl (C=O) groups is 2. The van der Waals surface area contributed by atoms with Crippen LogP contribution in [0.3, 0.4) is 0 Å². The summed E-state index contributed by atoms with van der Waals surface area (Å²) in [6, 6.07) is 26.3. The van der Waals surface area contributed by atoms with Gasteiger partial charge in [-0.2, -0.15) is 0 Å². The average molecular weight is 472 g/mol. The highest BCUT2D eigenvalue weighted by molar-refractivity contribution is 5.81. The summed E-state index contributed by atoms with van der Waals surface area (Å²) in [4.78, 5) is 38.3. The third-order valence-corrected chi connectivity index (χ3v) is 5.30. The normalized spacial score (nSPS) is 11.4. The number of alkyl carbamates (subject to hydrolysis) is 1. The van der Waals surface area contributed by atoms with Crippen LogP contribution >= 0.6 is 0 Å². The van der Waals surface area contributed by atoms with Gasteiger partial charge >= 0.3 is 12.1 Å². The highest BCUT2D eigenvalue weighted by atomic mass is 16.6. The number of aromatic amines is 1. The predicted molar refractivity (Wildman–Crippen MR) is 130 cm³/mol. The van der Waals surface area contributed by atoms with Gasteiger partial charge in [0, 0.05) is 18.2 Å². The van der Waals surface area contributed by atoms with Crippen molar-refractivity contribution in [3.8, 4) is 5.69 Å². The Morgan fingerprint density at radius 3 is 1.94 bits per heavy atom. The van der Waals surface area contributed by atoms with Crippen molar-refractivity contribution in [3.63, 3.8) is 0 Å². The quantitative estimate of drug-likeness (QED) is 0.362. The molecule has 0 aliphatic rings. The van der Waals surface area contributed by atoms with E-state index in [1.165, 1.54) is 10.9 Å². The fourth-order valence-electron chi connectivity index (χ4n) is 3.47. The van der Waals surface area contributed by atoms with Crippen molar-refractivity contribution in [1.82, 2.24) is 15.1 Å². The van der Waals surface area contributed by atoms with Gasteiger partial charge in [0.05, 0.1) is 5.69 Å². The van der Waals surface area contributed by atoms with Gasteiger partial charge in [-0.05, 0) is 23.3 Å². The topological polar surface area (TPSA) is 102 Å². The molecule has 4 rings (SSSR count). The number of ether oxygens (including phenoxy) is 2. The first-order valence-electron chi connectivity index (χ1n) is 11.1. The van der Waals surface area contributed by atoms with Gasteiger partial charge in [0.15, 0.2) is 0 Å². The van der Waals surface area contributed by atoms with Crippen LogP contribution in [-0.4, -0.2) is 27.9 Å². The van der Waals surface area contributed by atoms with Crippen molar-refractivity contribution in [2.45, 2.75) is 25.7 Å². The number of aromatic nitrogens is 2. The molecule has 0 aliphatic heterocycles. The van der Waals surface area contributed by atoms with Crippen molar-refractivity contribution in [2.75, 3.05) is 0 Å². The first kappa shape index (κ1) is 23.6.